The summed E-state index contributed by atoms with van der Waals surface area (Å²) in [4.78, 5) is 13.6. The molecule has 1 amide bonds. The molecule has 1 aromatic rings. The van der Waals surface area contributed by atoms with E-state index in [0.29, 0.717) is 13.1 Å². The first-order valence-electron chi connectivity index (χ1n) is 8.07. The highest BCUT2D eigenvalue weighted by atomic mass is 16.7. The quantitative estimate of drug-likeness (QED) is 0.617. The minimum atomic E-state index is -0.422. The number of rotatable bonds is 5. The van der Waals surface area contributed by atoms with Crippen LogP contribution < -0.4 is 0 Å². The summed E-state index contributed by atoms with van der Waals surface area (Å²) in [6.07, 6.45) is 7.14. The molecular weight excluding hydrogens is 301 g/mol. The Labute approximate surface area is 145 Å². The highest BCUT2D eigenvalue weighted by molar-refractivity contribution is 6.51. The first-order chi connectivity index (χ1) is 11.2. The monoisotopic (exact) mass is 325 g/mol. The molecule has 126 valence electrons. The van der Waals surface area contributed by atoms with Crippen molar-refractivity contribution in [1.82, 2.24) is 4.90 Å². The minimum Gasteiger partial charge on any atom is -0.400 e. The van der Waals surface area contributed by atoms with Gasteiger partial charge in [-0.3, -0.25) is 4.79 Å². The van der Waals surface area contributed by atoms with E-state index in [1.165, 1.54) is 0 Å². The van der Waals surface area contributed by atoms with Crippen molar-refractivity contribution in [2.24, 2.45) is 0 Å². The number of carbonyl (C=O) groups is 1. The summed E-state index contributed by atoms with van der Waals surface area (Å²) >= 11 is 0. The molecule has 0 aliphatic carbocycles. The van der Waals surface area contributed by atoms with Gasteiger partial charge in [0, 0.05) is 13.1 Å². The van der Waals surface area contributed by atoms with E-state index >= 15 is 0 Å². The van der Waals surface area contributed by atoms with Crippen LogP contribution in [-0.4, -0.2) is 35.7 Å². The lowest BCUT2D eigenvalue weighted by Crippen LogP contribution is -2.41. The minimum absolute atomic E-state index is 0.336. The first kappa shape index (κ1) is 18.3. The maximum Gasteiger partial charge on any atom is 0.486 e. The molecule has 5 heteroatoms. The normalized spacial score (nSPS) is 18.5. The lowest BCUT2D eigenvalue weighted by atomic mass is 9.90. The van der Waals surface area contributed by atoms with Crippen LogP contribution in [0.15, 0.2) is 42.4 Å². The SMILES string of the molecule is C#CC(=O)N(C/C=C/B1OC(C)(C)C(C)(C)O1)Cc1ccccc1. The largest absolute Gasteiger partial charge is 0.486 e. The topological polar surface area (TPSA) is 38.8 Å². The van der Waals surface area contributed by atoms with Crippen molar-refractivity contribution in [1.29, 1.82) is 0 Å². The molecule has 1 aliphatic rings. The fourth-order valence-electron chi connectivity index (χ4n) is 2.38. The Balaban J connectivity index is 1.99. The molecule has 0 aromatic heterocycles. The van der Waals surface area contributed by atoms with Crippen LogP contribution in [0.5, 0.6) is 0 Å². The van der Waals surface area contributed by atoms with E-state index in [4.69, 9.17) is 15.7 Å². The summed E-state index contributed by atoms with van der Waals surface area (Å²) in [6, 6.07) is 9.75. The van der Waals surface area contributed by atoms with E-state index in [0.717, 1.165) is 5.56 Å². The second-order valence-electron chi connectivity index (χ2n) is 6.87. The van der Waals surface area contributed by atoms with Crippen LogP contribution in [-0.2, 0) is 20.6 Å². The average Bonchev–Trinajstić information content (AvgIpc) is 2.74. The van der Waals surface area contributed by atoms with Gasteiger partial charge in [-0.2, -0.15) is 0 Å². The Morgan fingerprint density at radius 2 is 1.79 bits per heavy atom. The molecule has 0 saturated carbocycles. The number of amides is 1. The molecule has 0 bridgehead atoms. The third-order valence-electron chi connectivity index (χ3n) is 4.52. The van der Waals surface area contributed by atoms with Gasteiger partial charge < -0.3 is 14.2 Å². The smallest absolute Gasteiger partial charge is 0.400 e. The number of hydrogen-bond acceptors (Lipinski definition) is 3. The van der Waals surface area contributed by atoms with Crippen LogP contribution in [0, 0.1) is 12.3 Å². The van der Waals surface area contributed by atoms with E-state index in [9.17, 15) is 4.79 Å². The average molecular weight is 325 g/mol. The van der Waals surface area contributed by atoms with Gasteiger partial charge in [0.15, 0.2) is 0 Å². The van der Waals surface area contributed by atoms with Gasteiger partial charge in [0.2, 0.25) is 0 Å². The fourth-order valence-corrected chi connectivity index (χ4v) is 2.38. The van der Waals surface area contributed by atoms with Crippen molar-refractivity contribution >= 4 is 13.0 Å². The Morgan fingerprint density at radius 1 is 1.21 bits per heavy atom. The van der Waals surface area contributed by atoms with Gasteiger partial charge in [-0.1, -0.05) is 42.4 Å². The number of nitrogens with zero attached hydrogens (tertiary/aromatic N) is 1. The lowest BCUT2D eigenvalue weighted by molar-refractivity contribution is -0.125. The molecule has 0 spiro atoms. The second-order valence-corrected chi connectivity index (χ2v) is 6.87. The Kier molecular flexibility index (Phi) is 5.53. The van der Waals surface area contributed by atoms with E-state index in [1.807, 2.05) is 70.1 Å². The third-order valence-corrected chi connectivity index (χ3v) is 4.52. The predicted octanol–water partition coefficient (Wildman–Crippen LogP) is 2.84. The predicted molar refractivity (Wildman–Crippen MR) is 95.9 cm³/mol. The van der Waals surface area contributed by atoms with Crippen molar-refractivity contribution in [2.75, 3.05) is 6.54 Å². The molecule has 0 radical (unpaired) electrons. The van der Waals surface area contributed by atoms with Crippen LogP contribution in [0.3, 0.4) is 0 Å². The molecule has 1 aromatic carbocycles. The maximum absolute atomic E-state index is 11.9. The Bertz CT molecular complexity index is 630. The van der Waals surface area contributed by atoms with Gasteiger partial charge in [-0.15, -0.1) is 6.42 Å². The van der Waals surface area contributed by atoms with Gasteiger partial charge in [-0.05, 0) is 39.2 Å². The molecule has 0 N–H and O–H groups in total. The van der Waals surface area contributed by atoms with Crippen LogP contribution in [0.2, 0.25) is 0 Å². The maximum atomic E-state index is 11.9. The van der Waals surface area contributed by atoms with Crippen LogP contribution in [0.1, 0.15) is 33.3 Å². The molecular formula is C19H24BNO3. The van der Waals surface area contributed by atoms with Crippen molar-refractivity contribution in [3.63, 3.8) is 0 Å². The molecule has 4 nitrogen and oxygen atoms in total. The summed E-state index contributed by atoms with van der Waals surface area (Å²) in [6.45, 7) is 8.89. The summed E-state index contributed by atoms with van der Waals surface area (Å²) in [5.74, 6) is 3.68. The summed E-state index contributed by atoms with van der Waals surface area (Å²) in [7, 11) is -0.422. The molecule has 0 unspecified atom stereocenters. The molecule has 1 heterocycles. The van der Waals surface area contributed by atoms with E-state index in [2.05, 4.69) is 5.92 Å². The van der Waals surface area contributed by atoms with Crippen LogP contribution in [0.25, 0.3) is 0 Å². The Morgan fingerprint density at radius 3 is 2.33 bits per heavy atom. The number of hydrogen-bond donors (Lipinski definition) is 0. The first-order valence-corrected chi connectivity index (χ1v) is 8.07. The standard InChI is InChI=1S/C19H24BNO3/c1-6-17(22)21(15-16-11-8-7-9-12-16)14-10-13-20-23-18(2,3)19(4,5)24-20/h1,7-13H,14-15H2,2-5H3/b13-10+. The van der Waals surface area contributed by atoms with Gasteiger partial charge in [0.25, 0.3) is 5.91 Å². The van der Waals surface area contributed by atoms with Crippen molar-refractivity contribution in [3.05, 3.63) is 47.9 Å². The van der Waals surface area contributed by atoms with Crippen molar-refractivity contribution in [3.8, 4) is 12.3 Å². The highest BCUT2D eigenvalue weighted by Crippen LogP contribution is 2.36. The van der Waals surface area contributed by atoms with Crippen molar-refractivity contribution < 1.29 is 14.1 Å². The van der Waals surface area contributed by atoms with E-state index in [-0.39, 0.29) is 17.1 Å². The van der Waals surface area contributed by atoms with Gasteiger partial charge in [0.05, 0.1) is 11.2 Å². The number of terminal acetylenes is 1. The molecule has 1 saturated heterocycles. The number of carbonyl (C=O) groups excluding carboxylic acids is 1. The molecule has 1 aliphatic heterocycles. The van der Waals surface area contributed by atoms with Gasteiger partial charge >= 0.3 is 7.12 Å². The van der Waals surface area contributed by atoms with Gasteiger partial charge in [-0.25, -0.2) is 0 Å². The zero-order valence-corrected chi connectivity index (χ0v) is 14.8. The highest BCUT2D eigenvalue weighted by Gasteiger charge is 2.49. The van der Waals surface area contributed by atoms with Crippen LogP contribution in [0.4, 0.5) is 0 Å². The second kappa shape index (κ2) is 7.25. The summed E-state index contributed by atoms with van der Waals surface area (Å²) < 4.78 is 11.8. The van der Waals surface area contributed by atoms with Crippen LogP contribution >= 0.6 is 0 Å². The summed E-state index contributed by atoms with van der Waals surface area (Å²) in [5, 5.41) is 0. The summed E-state index contributed by atoms with van der Waals surface area (Å²) in [5.41, 5.74) is 0.283. The fraction of sp³-hybridized carbons (Fsp3) is 0.421. The lowest BCUT2D eigenvalue weighted by Gasteiger charge is -2.32. The van der Waals surface area contributed by atoms with Crippen molar-refractivity contribution in [2.45, 2.75) is 45.4 Å². The zero-order chi connectivity index (χ0) is 17.8. The molecule has 2 rings (SSSR count). The molecule has 1 fully saturated rings. The Hall–Kier alpha value is -2.03. The van der Waals surface area contributed by atoms with Gasteiger partial charge in [0.1, 0.15) is 0 Å². The molecule has 0 atom stereocenters. The van der Waals surface area contributed by atoms with E-state index < -0.39 is 7.12 Å². The zero-order valence-electron chi connectivity index (χ0n) is 14.8. The number of benzene rings is 1. The molecule has 24 heavy (non-hydrogen) atoms. The van der Waals surface area contributed by atoms with E-state index in [1.54, 1.807) is 4.90 Å². The third kappa shape index (κ3) is 4.28.